The number of carbonyl (C=O) groups excluding carboxylic acids is 2. The first-order valence-electron chi connectivity index (χ1n) is 32.4. The quantitative estimate of drug-likeness (QED) is 0.0320. The number of hydrogen-bond acceptors (Lipinski definition) is 5. The Morgan fingerprint density at radius 3 is 1.00 bits per heavy atom. The fraction of sp³-hybridized carbons (Fsp3) is 0.938. The van der Waals surface area contributed by atoms with Crippen LogP contribution < -0.4 is 5.32 Å². The first-order valence-corrected chi connectivity index (χ1v) is 32.4. The summed E-state index contributed by atoms with van der Waals surface area (Å²) in [7, 11) is 0. The summed E-state index contributed by atoms with van der Waals surface area (Å²) in [5, 5.41) is 23.2. The van der Waals surface area contributed by atoms with E-state index in [0.29, 0.717) is 25.9 Å². The van der Waals surface area contributed by atoms with Crippen molar-refractivity contribution in [2.24, 2.45) is 0 Å². The summed E-state index contributed by atoms with van der Waals surface area (Å²) in [6.07, 6.45) is 73.8. The molecular weight excluding hydrogens is 875 g/mol. The average molecular weight is 1000 g/mol. The molecule has 0 aromatic carbocycles. The average Bonchev–Trinajstić information content (AvgIpc) is 3.37. The monoisotopic (exact) mass is 1000 g/mol. The zero-order valence-corrected chi connectivity index (χ0v) is 48.2. The maximum Gasteiger partial charge on any atom is 0.305 e. The molecule has 0 saturated heterocycles. The second-order valence-electron chi connectivity index (χ2n) is 22.5. The normalized spacial score (nSPS) is 12.6. The van der Waals surface area contributed by atoms with Crippen molar-refractivity contribution in [3.8, 4) is 0 Å². The van der Waals surface area contributed by atoms with Crippen molar-refractivity contribution >= 4 is 11.9 Å². The second-order valence-corrected chi connectivity index (χ2v) is 22.5. The Labute approximate surface area is 444 Å². The van der Waals surface area contributed by atoms with Crippen molar-refractivity contribution in [2.45, 2.75) is 379 Å². The third kappa shape index (κ3) is 57.7. The van der Waals surface area contributed by atoms with Crippen LogP contribution in [0.25, 0.3) is 0 Å². The van der Waals surface area contributed by atoms with Gasteiger partial charge < -0.3 is 20.3 Å². The molecule has 3 N–H and O–H groups in total. The molecule has 0 radical (unpaired) electrons. The Balaban J connectivity index is 3.33. The molecule has 2 unspecified atom stereocenters. The van der Waals surface area contributed by atoms with Gasteiger partial charge in [0.2, 0.25) is 5.91 Å². The standard InChI is InChI=1S/C65H127NO5/c1-3-5-7-9-11-13-15-17-18-19-29-32-35-39-43-47-51-55-59-65(70)71-60-56-52-48-44-40-36-33-30-27-25-23-21-20-22-24-26-28-31-34-38-42-46-50-54-58-64(69)66-62(61-67)63(68)57-53-49-45-41-37-16-14-12-10-8-6-4-2/h18-19,62-63,67-68H,3-17,20-61H2,1-2H3,(H,66,69)/b19-18-. The van der Waals surface area contributed by atoms with Crippen molar-refractivity contribution in [3.63, 3.8) is 0 Å². The minimum atomic E-state index is -0.662. The Morgan fingerprint density at radius 2 is 0.662 bits per heavy atom. The van der Waals surface area contributed by atoms with Gasteiger partial charge in [0.05, 0.1) is 25.4 Å². The topological polar surface area (TPSA) is 95.9 Å². The largest absolute Gasteiger partial charge is 0.466 e. The molecule has 0 bridgehead atoms. The molecule has 0 fully saturated rings. The zero-order valence-electron chi connectivity index (χ0n) is 48.2. The Hall–Kier alpha value is -1.40. The molecule has 71 heavy (non-hydrogen) atoms. The van der Waals surface area contributed by atoms with Crippen LogP contribution in [0.2, 0.25) is 0 Å². The van der Waals surface area contributed by atoms with E-state index in [1.54, 1.807) is 0 Å². The van der Waals surface area contributed by atoms with E-state index in [2.05, 4.69) is 31.3 Å². The summed E-state index contributed by atoms with van der Waals surface area (Å²) in [5.41, 5.74) is 0. The highest BCUT2D eigenvalue weighted by Gasteiger charge is 2.20. The lowest BCUT2D eigenvalue weighted by molar-refractivity contribution is -0.143. The SMILES string of the molecule is CCCCCCCCC/C=C\CCCCCCCCCC(=O)OCCCCCCCCCCCCCCCCCCCCCCCCCCC(=O)NC(CO)C(O)CCCCCCCCCCCCCC. The maximum absolute atomic E-state index is 12.5. The van der Waals surface area contributed by atoms with Gasteiger partial charge in [0.1, 0.15) is 0 Å². The van der Waals surface area contributed by atoms with Gasteiger partial charge in [-0.05, 0) is 51.4 Å². The minimum absolute atomic E-state index is 0.0133. The molecule has 0 aliphatic heterocycles. The Kier molecular flexibility index (Phi) is 59.9. The number of esters is 1. The van der Waals surface area contributed by atoms with E-state index in [0.717, 1.165) is 44.9 Å². The number of aliphatic hydroxyl groups is 2. The summed E-state index contributed by atoms with van der Waals surface area (Å²) in [4.78, 5) is 24.6. The summed E-state index contributed by atoms with van der Waals surface area (Å²) >= 11 is 0. The van der Waals surface area contributed by atoms with Gasteiger partial charge in [-0.2, -0.15) is 0 Å². The van der Waals surface area contributed by atoms with Crippen LogP contribution in [0.5, 0.6) is 0 Å². The summed E-state index contributed by atoms with van der Waals surface area (Å²) in [5.74, 6) is -0.0191. The highest BCUT2D eigenvalue weighted by molar-refractivity contribution is 5.76. The highest BCUT2D eigenvalue weighted by atomic mass is 16.5. The van der Waals surface area contributed by atoms with Crippen LogP contribution in [-0.2, 0) is 14.3 Å². The van der Waals surface area contributed by atoms with Gasteiger partial charge in [-0.1, -0.05) is 315 Å². The number of allylic oxidation sites excluding steroid dienone is 2. The first-order chi connectivity index (χ1) is 35.0. The molecule has 0 aliphatic carbocycles. The van der Waals surface area contributed by atoms with Crippen LogP contribution in [0.1, 0.15) is 367 Å². The zero-order chi connectivity index (χ0) is 51.4. The second kappa shape index (κ2) is 61.1. The molecule has 2 atom stereocenters. The van der Waals surface area contributed by atoms with Gasteiger partial charge in [-0.15, -0.1) is 0 Å². The number of unbranched alkanes of at least 4 members (excludes halogenated alkanes) is 48. The van der Waals surface area contributed by atoms with Gasteiger partial charge >= 0.3 is 5.97 Å². The third-order valence-corrected chi connectivity index (χ3v) is 15.3. The van der Waals surface area contributed by atoms with E-state index >= 15 is 0 Å². The van der Waals surface area contributed by atoms with Crippen LogP contribution in [0.3, 0.4) is 0 Å². The maximum atomic E-state index is 12.5. The summed E-state index contributed by atoms with van der Waals surface area (Å²) < 4.78 is 5.50. The van der Waals surface area contributed by atoms with Gasteiger partial charge in [0, 0.05) is 12.8 Å². The highest BCUT2D eigenvalue weighted by Crippen LogP contribution is 2.18. The van der Waals surface area contributed by atoms with Gasteiger partial charge in [0.25, 0.3) is 0 Å². The van der Waals surface area contributed by atoms with Crippen LogP contribution in [-0.4, -0.2) is 47.4 Å². The summed E-state index contributed by atoms with van der Waals surface area (Å²) in [6.45, 7) is 4.97. The Morgan fingerprint density at radius 1 is 0.380 bits per heavy atom. The van der Waals surface area contributed by atoms with E-state index in [4.69, 9.17) is 4.74 Å². The van der Waals surface area contributed by atoms with Gasteiger partial charge in [-0.25, -0.2) is 0 Å². The fourth-order valence-electron chi connectivity index (χ4n) is 10.3. The predicted octanol–water partition coefficient (Wildman–Crippen LogP) is 20.4. The van der Waals surface area contributed by atoms with E-state index in [-0.39, 0.29) is 18.5 Å². The molecule has 0 saturated carbocycles. The van der Waals surface area contributed by atoms with Crippen LogP contribution in [0.4, 0.5) is 0 Å². The third-order valence-electron chi connectivity index (χ3n) is 15.3. The lowest BCUT2D eigenvalue weighted by Gasteiger charge is -2.22. The smallest absolute Gasteiger partial charge is 0.305 e. The van der Waals surface area contributed by atoms with Gasteiger partial charge in [0.15, 0.2) is 0 Å². The molecule has 0 spiro atoms. The summed E-state index contributed by atoms with van der Waals surface area (Å²) in [6, 6.07) is -0.539. The van der Waals surface area contributed by atoms with E-state index in [9.17, 15) is 19.8 Å². The molecule has 0 heterocycles. The van der Waals surface area contributed by atoms with Crippen molar-refractivity contribution < 1.29 is 24.5 Å². The molecule has 0 rings (SSSR count). The number of nitrogens with one attached hydrogen (secondary N) is 1. The van der Waals surface area contributed by atoms with Crippen molar-refractivity contribution in [2.75, 3.05) is 13.2 Å². The van der Waals surface area contributed by atoms with Gasteiger partial charge in [-0.3, -0.25) is 9.59 Å². The lowest BCUT2D eigenvalue weighted by atomic mass is 10.0. The molecule has 422 valence electrons. The predicted molar refractivity (Wildman–Crippen MR) is 310 cm³/mol. The molecule has 1 amide bonds. The van der Waals surface area contributed by atoms with E-state index in [1.807, 2.05) is 0 Å². The molecule has 6 heteroatoms. The van der Waals surface area contributed by atoms with Crippen LogP contribution in [0, 0.1) is 0 Å². The van der Waals surface area contributed by atoms with Crippen LogP contribution >= 0.6 is 0 Å². The number of amides is 1. The number of hydrogen-bond donors (Lipinski definition) is 3. The lowest BCUT2D eigenvalue weighted by Crippen LogP contribution is -2.45. The molecule has 0 aliphatic rings. The first kappa shape index (κ1) is 69.6. The Bertz CT molecular complexity index is 1060. The van der Waals surface area contributed by atoms with E-state index in [1.165, 1.54) is 289 Å². The molecule has 6 nitrogen and oxygen atoms in total. The van der Waals surface area contributed by atoms with E-state index < -0.39 is 12.1 Å². The molecular formula is C65H127NO5. The number of ether oxygens (including phenoxy) is 1. The van der Waals surface area contributed by atoms with Crippen molar-refractivity contribution in [1.82, 2.24) is 5.32 Å². The number of carbonyl (C=O) groups is 2. The minimum Gasteiger partial charge on any atom is -0.466 e. The number of aliphatic hydroxyl groups excluding tert-OH is 2. The van der Waals surface area contributed by atoms with Crippen molar-refractivity contribution in [1.29, 1.82) is 0 Å². The molecule has 0 aromatic heterocycles. The fourth-order valence-corrected chi connectivity index (χ4v) is 10.3. The van der Waals surface area contributed by atoms with Crippen LogP contribution in [0.15, 0.2) is 12.2 Å². The molecule has 0 aromatic rings. The number of rotatable bonds is 61. The van der Waals surface area contributed by atoms with Crippen molar-refractivity contribution in [3.05, 3.63) is 12.2 Å².